The standard InChI is InChI=1S/C12H19N3O2/c1-2-16-11-7-12(15-8-14-11)17-10-5-3-4-9(13)6-10/h7-10H,2-6,13H2,1H3. The molecule has 1 saturated carbocycles. The number of aromatic nitrogens is 2. The van der Waals surface area contributed by atoms with E-state index in [-0.39, 0.29) is 12.1 Å². The number of ether oxygens (including phenoxy) is 2. The predicted molar refractivity (Wildman–Crippen MR) is 64.1 cm³/mol. The summed E-state index contributed by atoms with van der Waals surface area (Å²) < 4.78 is 11.1. The first kappa shape index (κ1) is 12.1. The summed E-state index contributed by atoms with van der Waals surface area (Å²) in [6, 6.07) is 1.98. The zero-order chi connectivity index (χ0) is 12.1. The quantitative estimate of drug-likeness (QED) is 0.859. The summed E-state index contributed by atoms with van der Waals surface area (Å²) in [6.45, 7) is 2.51. The minimum atomic E-state index is 0.170. The average molecular weight is 237 g/mol. The molecule has 17 heavy (non-hydrogen) atoms. The molecule has 1 aliphatic rings. The van der Waals surface area contributed by atoms with Crippen LogP contribution in [0.15, 0.2) is 12.4 Å². The first-order valence-electron chi connectivity index (χ1n) is 6.15. The van der Waals surface area contributed by atoms with Crippen LogP contribution >= 0.6 is 0 Å². The zero-order valence-electron chi connectivity index (χ0n) is 10.1. The Morgan fingerprint density at radius 2 is 2.18 bits per heavy atom. The Morgan fingerprint density at radius 3 is 2.94 bits per heavy atom. The van der Waals surface area contributed by atoms with Gasteiger partial charge in [0.25, 0.3) is 0 Å². The van der Waals surface area contributed by atoms with Crippen molar-refractivity contribution in [2.45, 2.75) is 44.8 Å². The van der Waals surface area contributed by atoms with E-state index in [1.54, 1.807) is 6.07 Å². The maximum absolute atomic E-state index is 5.92. The lowest BCUT2D eigenvalue weighted by Crippen LogP contribution is -2.33. The molecule has 0 bridgehead atoms. The smallest absolute Gasteiger partial charge is 0.220 e. The molecule has 1 aromatic rings. The minimum Gasteiger partial charge on any atom is -0.478 e. The molecule has 1 heterocycles. The van der Waals surface area contributed by atoms with Gasteiger partial charge in [0, 0.05) is 6.04 Å². The fraction of sp³-hybridized carbons (Fsp3) is 0.667. The van der Waals surface area contributed by atoms with E-state index in [0.717, 1.165) is 25.7 Å². The highest BCUT2D eigenvalue weighted by Crippen LogP contribution is 2.22. The second-order valence-electron chi connectivity index (χ2n) is 4.29. The first-order valence-corrected chi connectivity index (χ1v) is 6.15. The summed E-state index contributed by atoms with van der Waals surface area (Å²) in [5.74, 6) is 1.13. The van der Waals surface area contributed by atoms with E-state index in [4.69, 9.17) is 15.2 Å². The number of hydrogen-bond donors (Lipinski definition) is 1. The molecule has 0 saturated heterocycles. The van der Waals surface area contributed by atoms with Crippen LogP contribution in [0.1, 0.15) is 32.6 Å². The van der Waals surface area contributed by atoms with E-state index in [2.05, 4.69) is 9.97 Å². The predicted octanol–water partition coefficient (Wildman–Crippen LogP) is 1.52. The molecule has 0 aliphatic heterocycles. The number of nitrogens with zero attached hydrogens (tertiary/aromatic N) is 2. The number of hydrogen-bond acceptors (Lipinski definition) is 5. The van der Waals surface area contributed by atoms with Gasteiger partial charge in [-0.1, -0.05) is 0 Å². The van der Waals surface area contributed by atoms with Crippen LogP contribution in [0.25, 0.3) is 0 Å². The maximum atomic E-state index is 5.92. The third-order valence-electron chi connectivity index (χ3n) is 2.86. The molecule has 0 aromatic carbocycles. The van der Waals surface area contributed by atoms with Crippen LogP contribution in [0, 0.1) is 0 Å². The van der Waals surface area contributed by atoms with Gasteiger partial charge in [-0.2, -0.15) is 0 Å². The lowest BCUT2D eigenvalue weighted by Gasteiger charge is -2.26. The van der Waals surface area contributed by atoms with Crippen molar-refractivity contribution in [1.29, 1.82) is 0 Å². The van der Waals surface area contributed by atoms with Gasteiger partial charge in [-0.25, -0.2) is 9.97 Å². The molecule has 2 rings (SSSR count). The van der Waals surface area contributed by atoms with Crippen molar-refractivity contribution in [3.63, 3.8) is 0 Å². The summed E-state index contributed by atoms with van der Waals surface area (Å²) in [7, 11) is 0. The second-order valence-corrected chi connectivity index (χ2v) is 4.29. The highest BCUT2D eigenvalue weighted by atomic mass is 16.5. The Kier molecular flexibility index (Phi) is 4.14. The second kappa shape index (κ2) is 5.82. The third kappa shape index (κ3) is 3.56. The molecule has 1 aromatic heterocycles. The molecular weight excluding hydrogens is 218 g/mol. The molecule has 0 radical (unpaired) electrons. The van der Waals surface area contributed by atoms with Crippen molar-refractivity contribution in [1.82, 2.24) is 9.97 Å². The molecule has 0 amide bonds. The molecule has 0 spiro atoms. The van der Waals surface area contributed by atoms with E-state index >= 15 is 0 Å². The highest BCUT2D eigenvalue weighted by molar-refractivity contribution is 5.18. The third-order valence-corrected chi connectivity index (χ3v) is 2.86. The van der Waals surface area contributed by atoms with Gasteiger partial charge >= 0.3 is 0 Å². The summed E-state index contributed by atoms with van der Waals surface area (Å²) in [5.41, 5.74) is 5.92. The number of rotatable bonds is 4. The summed E-state index contributed by atoms with van der Waals surface area (Å²) in [6.07, 6.45) is 5.78. The Morgan fingerprint density at radius 1 is 1.35 bits per heavy atom. The molecule has 1 fully saturated rings. The van der Waals surface area contributed by atoms with Crippen molar-refractivity contribution < 1.29 is 9.47 Å². The Hall–Kier alpha value is -1.36. The normalized spacial score (nSPS) is 24.4. The van der Waals surface area contributed by atoms with Crippen molar-refractivity contribution >= 4 is 0 Å². The van der Waals surface area contributed by atoms with Crippen molar-refractivity contribution in [2.75, 3.05) is 6.61 Å². The molecule has 5 heteroatoms. The summed E-state index contributed by atoms with van der Waals surface area (Å²) in [4.78, 5) is 8.09. The van der Waals surface area contributed by atoms with E-state index < -0.39 is 0 Å². The van der Waals surface area contributed by atoms with Gasteiger partial charge < -0.3 is 15.2 Å². The summed E-state index contributed by atoms with van der Waals surface area (Å²) >= 11 is 0. The molecule has 1 aliphatic carbocycles. The van der Waals surface area contributed by atoms with Crippen LogP contribution in [0.4, 0.5) is 0 Å². The molecular formula is C12H19N3O2. The lowest BCUT2D eigenvalue weighted by molar-refractivity contribution is 0.137. The van der Waals surface area contributed by atoms with E-state index in [0.29, 0.717) is 18.4 Å². The van der Waals surface area contributed by atoms with Crippen LogP contribution < -0.4 is 15.2 Å². The van der Waals surface area contributed by atoms with Crippen molar-refractivity contribution in [3.8, 4) is 11.8 Å². The van der Waals surface area contributed by atoms with Gasteiger partial charge in [0.15, 0.2) is 0 Å². The Bertz CT molecular complexity index is 359. The van der Waals surface area contributed by atoms with E-state index in [1.807, 2.05) is 6.92 Å². The SMILES string of the molecule is CCOc1cc(OC2CCCC(N)C2)ncn1. The lowest BCUT2D eigenvalue weighted by atomic mass is 9.94. The summed E-state index contributed by atoms with van der Waals surface area (Å²) in [5, 5.41) is 0. The van der Waals surface area contributed by atoms with Crippen LogP contribution in [-0.4, -0.2) is 28.7 Å². The van der Waals surface area contributed by atoms with Gasteiger partial charge in [0.1, 0.15) is 12.4 Å². The first-order chi connectivity index (χ1) is 8.28. The fourth-order valence-electron chi connectivity index (χ4n) is 2.07. The van der Waals surface area contributed by atoms with Gasteiger partial charge in [-0.15, -0.1) is 0 Å². The maximum Gasteiger partial charge on any atom is 0.220 e. The Balaban J connectivity index is 1.95. The molecule has 94 valence electrons. The Labute approximate surface area is 101 Å². The molecule has 2 N–H and O–H groups in total. The van der Waals surface area contributed by atoms with Crippen LogP contribution in [0.2, 0.25) is 0 Å². The molecule has 2 unspecified atom stereocenters. The topological polar surface area (TPSA) is 70.3 Å². The van der Waals surface area contributed by atoms with Gasteiger partial charge in [-0.05, 0) is 32.6 Å². The van der Waals surface area contributed by atoms with E-state index in [9.17, 15) is 0 Å². The number of nitrogens with two attached hydrogens (primary N) is 1. The van der Waals surface area contributed by atoms with Crippen molar-refractivity contribution in [2.24, 2.45) is 5.73 Å². The van der Waals surface area contributed by atoms with Gasteiger partial charge in [-0.3, -0.25) is 0 Å². The van der Waals surface area contributed by atoms with Crippen molar-refractivity contribution in [3.05, 3.63) is 12.4 Å². The molecule has 2 atom stereocenters. The minimum absolute atomic E-state index is 0.170. The fourth-order valence-corrected chi connectivity index (χ4v) is 2.07. The van der Waals surface area contributed by atoms with Crippen LogP contribution in [0.5, 0.6) is 11.8 Å². The zero-order valence-corrected chi connectivity index (χ0v) is 10.1. The van der Waals surface area contributed by atoms with E-state index in [1.165, 1.54) is 6.33 Å². The average Bonchev–Trinajstić information content (AvgIpc) is 2.30. The van der Waals surface area contributed by atoms with Crippen LogP contribution in [0.3, 0.4) is 0 Å². The molecule has 5 nitrogen and oxygen atoms in total. The van der Waals surface area contributed by atoms with Gasteiger partial charge in [0.2, 0.25) is 11.8 Å². The monoisotopic (exact) mass is 237 g/mol. The largest absolute Gasteiger partial charge is 0.478 e. The van der Waals surface area contributed by atoms with Gasteiger partial charge in [0.05, 0.1) is 12.7 Å². The highest BCUT2D eigenvalue weighted by Gasteiger charge is 2.21. The van der Waals surface area contributed by atoms with Crippen LogP contribution in [-0.2, 0) is 0 Å².